The van der Waals surface area contributed by atoms with Crippen molar-refractivity contribution in [3.8, 4) is 17.2 Å². The lowest BCUT2D eigenvalue weighted by Crippen LogP contribution is -2.25. The Labute approximate surface area is 131 Å². The van der Waals surface area contributed by atoms with Crippen LogP contribution in [-0.4, -0.2) is 25.2 Å². The zero-order valence-electron chi connectivity index (χ0n) is 11.9. The van der Waals surface area contributed by atoms with Crippen molar-refractivity contribution in [1.82, 2.24) is 0 Å². The van der Waals surface area contributed by atoms with Gasteiger partial charge in [-0.15, -0.1) is 0 Å². The van der Waals surface area contributed by atoms with Crippen LogP contribution in [0.5, 0.6) is 17.2 Å². The van der Waals surface area contributed by atoms with Gasteiger partial charge in [0.25, 0.3) is 11.8 Å². The standard InChI is InChI=1S/C16H12N2O5/c19-15-7-21-12-4-2-10(6-11(12)18-15)17-16(20)9-1-3-13-14(5-9)23-8-22-13/h1-6H,7-8H2,(H,17,20)(H,18,19). The van der Waals surface area contributed by atoms with Crippen LogP contribution in [0.25, 0.3) is 0 Å². The second-order valence-electron chi connectivity index (χ2n) is 5.07. The van der Waals surface area contributed by atoms with Crippen LogP contribution in [0.3, 0.4) is 0 Å². The monoisotopic (exact) mass is 312 g/mol. The third-order valence-electron chi connectivity index (χ3n) is 3.51. The molecule has 0 saturated heterocycles. The number of hydrogen-bond donors (Lipinski definition) is 2. The highest BCUT2D eigenvalue weighted by Gasteiger charge is 2.18. The minimum Gasteiger partial charge on any atom is -0.482 e. The van der Waals surface area contributed by atoms with Gasteiger partial charge in [-0.1, -0.05) is 0 Å². The summed E-state index contributed by atoms with van der Waals surface area (Å²) < 4.78 is 15.8. The SMILES string of the molecule is O=C1COc2ccc(NC(=O)c3ccc4c(c3)OCO4)cc2N1. The first kappa shape index (κ1) is 13.4. The van der Waals surface area contributed by atoms with Crippen LogP contribution in [0.15, 0.2) is 36.4 Å². The summed E-state index contributed by atoms with van der Waals surface area (Å²) in [6, 6.07) is 10.0. The van der Waals surface area contributed by atoms with E-state index < -0.39 is 0 Å². The lowest BCUT2D eigenvalue weighted by atomic mass is 10.1. The Kier molecular flexibility index (Phi) is 3.04. The number of ether oxygens (including phenoxy) is 3. The smallest absolute Gasteiger partial charge is 0.262 e. The number of carbonyl (C=O) groups is 2. The van der Waals surface area contributed by atoms with Gasteiger partial charge in [-0.25, -0.2) is 0 Å². The number of anilines is 2. The molecule has 0 saturated carbocycles. The van der Waals surface area contributed by atoms with Gasteiger partial charge >= 0.3 is 0 Å². The summed E-state index contributed by atoms with van der Waals surface area (Å²) in [6.45, 7) is 0.154. The lowest BCUT2D eigenvalue weighted by Gasteiger charge is -2.18. The van der Waals surface area contributed by atoms with E-state index >= 15 is 0 Å². The molecule has 2 aromatic carbocycles. The molecule has 0 bridgehead atoms. The zero-order valence-corrected chi connectivity index (χ0v) is 11.9. The summed E-state index contributed by atoms with van der Waals surface area (Å²) in [5.74, 6) is 1.23. The molecule has 0 radical (unpaired) electrons. The van der Waals surface area contributed by atoms with Crippen LogP contribution in [-0.2, 0) is 4.79 Å². The van der Waals surface area contributed by atoms with E-state index in [4.69, 9.17) is 14.2 Å². The number of rotatable bonds is 2. The number of hydrogen-bond acceptors (Lipinski definition) is 5. The largest absolute Gasteiger partial charge is 0.482 e. The molecule has 116 valence electrons. The fraction of sp³-hybridized carbons (Fsp3) is 0.125. The quantitative estimate of drug-likeness (QED) is 0.886. The second kappa shape index (κ2) is 5.20. The van der Waals surface area contributed by atoms with Crippen LogP contribution in [0, 0.1) is 0 Å². The van der Waals surface area contributed by atoms with Crippen LogP contribution < -0.4 is 24.8 Å². The average molecular weight is 312 g/mol. The van der Waals surface area contributed by atoms with Crippen molar-refractivity contribution in [2.24, 2.45) is 0 Å². The van der Waals surface area contributed by atoms with E-state index in [1.807, 2.05) is 0 Å². The molecule has 4 rings (SSSR count). The molecule has 2 amide bonds. The minimum atomic E-state index is -0.286. The first-order valence-corrected chi connectivity index (χ1v) is 6.97. The topological polar surface area (TPSA) is 85.9 Å². The van der Waals surface area contributed by atoms with Crippen molar-refractivity contribution in [2.75, 3.05) is 24.0 Å². The number of fused-ring (bicyclic) bond motifs is 2. The minimum absolute atomic E-state index is 0.00407. The van der Waals surface area contributed by atoms with Crippen LogP contribution in [0.2, 0.25) is 0 Å². The van der Waals surface area contributed by atoms with Gasteiger partial charge in [0, 0.05) is 11.3 Å². The first-order valence-electron chi connectivity index (χ1n) is 6.97. The maximum absolute atomic E-state index is 12.3. The molecule has 0 aliphatic carbocycles. The Morgan fingerprint density at radius 3 is 2.74 bits per heavy atom. The van der Waals surface area contributed by atoms with E-state index in [2.05, 4.69) is 10.6 Å². The van der Waals surface area contributed by atoms with Crippen molar-refractivity contribution >= 4 is 23.2 Å². The molecule has 2 N–H and O–H groups in total. The van der Waals surface area contributed by atoms with E-state index in [9.17, 15) is 9.59 Å². The summed E-state index contributed by atoms with van der Waals surface area (Å²) in [5.41, 5.74) is 1.54. The molecule has 0 atom stereocenters. The Bertz CT molecular complexity index is 818. The van der Waals surface area contributed by atoms with Gasteiger partial charge in [-0.2, -0.15) is 0 Å². The van der Waals surface area contributed by atoms with Gasteiger partial charge in [-0.3, -0.25) is 9.59 Å². The van der Waals surface area contributed by atoms with Gasteiger partial charge in [0.2, 0.25) is 6.79 Å². The van der Waals surface area contributed by atoms with Gasteiger partial charge in [0.05, 0.1) is 5.69 Å². The molecule has 2 aliphatic rings. The maximum Gasteiger partial charge on any atom is 0.262 e. The molecular formula is C16H12N2O5. The Morgan fingerprint density at radius 1 is 1.00 bits per heavy atom. The summed E-state index contributed by atoms with van der Waals surface area (Å²) in [6.07, 6.45) is 0. The summed E-state index contributed by atoms with van der Waals surface area (Å²) in [5, 5.41) is 5.47. The molecular weight excluding hydrogens is 300 g/mol. The molecule has 0 aromatic heterocycles. The molecule has 0 spiro atoms. The zero-order chi connectivity index (χ0) is 15.8. The molecule has 2 aromatic rings. The second-order valence-corrected chi connectivity index (χ2v) is 5.07. The first-order chi connectivity index (χ1) is 11.2. The van der Waals surface area contributed by atoms with E-state index in [0.717, 1.165) is 0 Å². The number of nitrogens with one attached hydrogen (secondary N) is 2. The van der Waals surface area contributed by atoms with Crippen molar-refractivity contribution in [1.29, 1.82) is 0 Å². The Balaban J connectivity index is 1.55. The summed E-state index contributed by atoms with van der Waals surface area (Å²) in [4.78, 5) is 23.7. The molecule has 0 unspecified atom stereocenters. The van der Waals surface area contributed by atoms with Gasteiger partial charge in [0.15, 0.2) is 18.1 Å². The van der Waals surface area contributed by atoms with E-state index in [0.29, 0.717) is 34.2 Å². The van der Waals surface area contributed by atoms with E-state index in [-0.39, 0.29) is 25.2 Å². The fourth-order valence-corrected chi connectivity index (χ4v) is 2.40. The van der Waals surface area contributed by atoms with Crippen molar-refractivity contribution in [2.45, 2.75) is 0 Å². The van der Waals surface area contributed by atoms with Gasteiger partial charge in [0.1, 0.15) is 5.75 Å². The van der Waals surface area contributed by atoms with E-state index in [1.54, 1.807) is 36.4 Å². The third-order valence-corrected chi connectivity index (χ3v) is 3.51. The molecule has 7 nitrogen and oxygen atoms in total. The fourth-order valence-electron chi connectivity index (χ4n) is 2.40. The lowest BCUT2D eigenvalue weighted by molar-refractivity contribution is -0.118. The van der Waals surface area contributed by atoms with E-state index in [1.165, 1.54) is 0 Å². The highest BCUT2D eigenvalue weighted by atomic mass is 16.7. The number of carbonyl (C=O) groups excluding carboxylic acids is 2. The average Bonchev–Trinajstić information content (AvgIpc) is 3.02. The summed E-state index contributed by atoms with van der Waals surface area (Å²) in [7, 11) is 0. The van der Waals surface area contributed by atoms with Gasteiger partial charge in [-0.05, 0) is 36.4 Å². The normalized spacial score (nSPS) is 14.5. The maximum atomic E-state index is 12.3. The Morgan fingerprint density at radius 2 is 1.83 bits per heavy atom. The predicted molar refractivity (Wildman–Crippen MR) is 81.1 cm³/mol. The molecule has 2 heterocycles. The van der Waals surface area contributed by atoms with Crippen molar-refractivity contribution < 1.29 is 23.8 Å². The number of amides is 2. The summed E-state index contributed by atoms with van der Waals surface area (Å²) >= 11 is 0. The Hall–Kier alpha value is -3.22. The molecule has 7 heteroatoms. The molecule has 0 fully saturated rings. The van der Waals surface area contributed by atoms with Crippen molar-refractivity contribution in [3.63, 3.8) is 0 Å². The molecule has 23 heavy (non-hydrogen) atoms. The van der Waals surface area contributed by atoms with Crippen molar-refractivity contribution in [3.05, 3.63) is 42.0 Å². The van der Waals surface area contributed by atoms with Crippen LogP contribution in [0.4, 0.5) is 11.4 Å². The third kappa shape index (κ3) is 2.52. The molecule has 2 aliphatic heterocycles. The predicted octanol–water partition coefficient (Wildman–Crippen LogP) is 2.00. The van der Waals surface area contributed by atoms with Crippen LogP contribution >= 0.6 is 0 Å². The number of benzene rings is 2. The highest BCUT2D eigenvalue weighted by molar-refractivity contribution is 6.05. The van der Waals surface area contributed by atoms with Crippen LogP contribution in [0.1, 0.15) is 10.4 Å². The highest BCUT2D eigenvalue weighted by Crippen LogP contribution is 2.33. The van der Waals surface area contributed by atoms with Gasteiger partial charge < -0.3 is 24.8 Å².